The van der Waals surface area contributed by atoms with Crippen molar-refractivity contribution in [2.75, 3.05) is 24.4 Å². The summed E-state index contributed by atoms with van der Waals surface area (Å²) in [5.74, 6) is -1.21. The highest BCUT2D eigenvalue weighted by molar-refractivity contribution is 6.00. The number of amides is 1. The number of primary amides is 1. The van der Waals surface area contributed by atoms with E-state index in [1.165, 1.54) is 0 Å². The summed E-state index contributed by atoms with van der Waals surface area (Å²) in [5.41, 5.74) is 13.1. The summed E-state index contributed by atoms with van der Waals surface area (Å²) in [5, 5.41) is 7.10. The average molecular weight is 442 g/mol. The van der Waals surface area contributed by atoms with Gasteiger partial charge in [0, 0.05) is 43.5 Å². The quantitative estimate of drug-likeness (QED) is 0.422. The van der Waals surface area contributed by atoms with Crippen LogP contribution in [0.25, 0.3) is 11.0 Å². The number of ether oxygens (including phenoxy) is 1. The molecule has 0 saturated heterocycles. The molecule has 6 N–H and O–H groups in total. The molecule has 170 valence electrons. The molecule has 4 rings (SSSR count). The number of nitrogens with two attached hydrogens (primary N) is 2. The first kappa shape index (κ1) is 22.0. The molecule has 2 atom stereocenters. The molecule has 1 aliphatic rings. The smallest absolute Gasteiger partial charge is 0.252 e. The van der Waals surface area contributed by atoms with Crippen molar-refractivity contribution in [3.8, 4) is 0 Å². The SMILES string of the molecule is COCCn1ccc2c(Nc3nc(NC4CCCCC4N)c(F)cc3C(N)=O)ccnc21. The number of methoxy groups -OCH3 is 1. The maximum Gasteiger partial charge on any atom is 0.252 e. The number of hydrogen-bond acceptors (Lipinski definition) is 7. The van der Waals surface area contributed by atoms with E-state index < -0.39 is 11.7 Å². The van der Waals surface area contributed by atoms with Gasteiger partial charge in [0.2, 0.25) is 0 Å². The van der Waals surface area contributed by atoms with Crippen LogP contribution in [0, 0.1) is 5.82 Å². The molecule has 0 aromatic carbocycles. The molecule has 0 bridgehead atoms. The number of hydrogen-bond donors (Lipinski definition) is 4. The Kier molecular flexibility index (Phi) is 6.52. The van der Waals surface area contributed by atoms with Gasteiger partial charge in [0.1, 0.15) is 11.5 Å². The van der Waals surface area contributed by atoms with E-state index in [9.17, 15) is 9.18 Å². The normalized spacial score (nSPS) is 18.6. The number of nitrogens with one attached hydrogen (secondary N) is 2. The standard InChI is InChI=1S/C22H28FN7O2/c1-32-11-10-30-9-7-13-17(6-8-26-22(13)30)27-20-14(19(25)31)12-15(23)21(29-20)28-18-5-3-2-4-16(18)24/h6-9,12,16,18H,2-5,10-11,24H2,1H3,(H2,25,31)(H2,26,27,28,29). The first-order valence-corrected chi connectivity index (χ1v) is 10.7. The number of fused-ring (bicyclic) bond motifs is 1. The van der Waals surface area contributed by atoms with Crippen molar-refractivity contribution < 1.29 is 13.9 Å². The first-order chi connectivity index (χ1) is 15.5. The Balaban J connectivity index is 1.68. The first-order valence-electron chi connectivity index (χ1n) is 10.7. The van der Waals surface area contributed by atoms with E-state index in [0.717, 1.165) is 42.8 Å². The lowest BCUT2D eigenvalue weighted by molar-refractivity contribution is 0.100. The van der Waals surface area contributed by atoms with Gasteiger partial charge in [-0.2, -0.15) is 0 Å². The fraction of sp³-hybridized carbons (Fsp3) is 0.409. The number of halogens is 1. The van der Waals surface area contributed by atoms with Crippen molar-refractivity contribution >= 4 is 34.3 Å². The van der Waals surface area contributed by atoms with Crippen LogP contribution in [0.3, 0.4) is 0 Å². The van der Waals surface area contributed by atoms with E-state index >= 15 is 0 Å². The zero-order chi connectivity index (χ0) is 22.7. The molecular formula is C22H28FN7O2. The predicted molar refractivity (Wildman–Crippen MR) is 121 cm³/mol. The molecule has 1 aliphatic carbocycles. The van der Waals surface area contributed by atoms with Gasteiger partial charge in [-0.25, -0.2) is 14.4 Å². The van der Waals surface area contributed by atoms with E-state index in [-0.39, 0.29) is 29.3 Å². The average Bonchev–Trinajstić information content (AvgIpc) is 3.19. The monoisotopic (exact) mass is 441 g/mol. The molecule has 10 heteroatoms. The Hall–Kier alpha value is -3.24. The van der Waals surface area contributed by atoms with E-state index in [4.69, 9.17) is 16.2 Å². The molecule has 0 radical (unpaired) electrons. The van der Waals surface area contributed by atoms with Gasteiger partial charge in [-0.3, -0.25) is 4.79 Å². The zero-order valence-corrected chi connectivity index (χ0v) is 18.0. The van der Waals surface area contributed by atoms with Gasteiger partial charge < -0.3 is 31.4 Å². The molecular weight excluding hydrogens is 413 g/mol. The third kappa shape index (κ3) is 4.51. The maximum atomic E-state index is 14.8. The van der Waals surface area contributed by atoms with Crippen LogP contribution in [0.2, 0.25) is 0 Å². The number of pyridine rings is 2. The van der Waals surface area contributed by atoms with Crippen LogP contribution in [0.15, 0.2) is 30.6 Å². The van der Waals surface area contributed by atoms with Gasteiger partial charge in [0.25, 0.3) is 5.91 Å². The van der Waals surface area contributed by atoms with Crippen molar-refractivity contribution in [3.63, 3.8) is 0 Å². The highest BCUT2D eigenvalue weighted by atomic mass is 19.1. The van der Waals surface area contributed by atoms with Crippen LogP contribution in [-0.2, 0) is 11.3 Å². The van der Waals surface area contributed by atoms with Crippen LogP contribution in [-0.4, -0.2) is 46.2 Å². The second-order valence-corrected chi connectivity index (χ2v) is 8.00. The Morgan fingerprint density at radius 3 is 2.88 bits per heavy atom. The predicted octanol–water partition coefficient (Wildman–Crippen LogP) is 2.74. The zero-order valence-electron chi connectivity index (χ0n) is 18.0. The fourth-order valence-electron chi connectivity index (χ4n) is 4.08. The molecule has 3 aromatic rings. The minimum atomic E-state index is -0.775. The molecule has 1 amide bonds. The second kappa shape index (κ2) is 9.49. The summed E-state index contributed by atoms with van der Waals surface area (Å²) in [6, 6.07) is 4.62. The number of rotatable bonds is 8. The molecule has 2 unspecified atom stereocenters. The van der Waals surface area contributed by atoms with Gasteiger partial charge in [-0.1, -0.05) is 12.8 Å². The molecule has 0 aliphatic heterocycles. The summed E-state index contributed by atoms with van der Waals surface area (Å²) in [4.78, 5) is 20.8. The number of carbonyl (C=O) groups is 1. The van der Waals surface area contributed by atoms with Crippen LogP contribution in [0.1, 0.15) is 36.0 Å². The molecule has 0 spiro atoms. The molecule has 9 nitrogen and oxygen atoms in total. The summed E-state index contributed by atoms with van der Waals surface area (Å²) in [7, 11) is 1.64. The van der Waals surface area contributed by atoms with E-state index in [0.29, 0.717) is 18.8 Å². The summed E-state index contributed by atoms with van der Waals surface area (Å²) in [6.07, 6.45) is 7.35. The Labute approximate surface area is 185 Å². The molecule has 3 aromatic heterocycles. The third-order valence-electron chi connectivity index (χ3n) is 5.83. The maximum absolute atomic E-state index is 14.8. The highest BCUT2D eigenvalue weighted by Crippen LogP contribution is 2.29. The van der Waals surface area contributed by atoms with Gasteiger partial charge in [-0.05, 0) is 31.0 Å². The van der Waals surface area contributed by atoms with Crippen molar-refractivity contribution in [1.82, 2.24) is 14.5 Å². The molecule has 3 heterocycles. The topological polar surface area (TPSA) is 133 Å². The lowest BCUT2D eigenvalue weighted by atomic mass is 9.91. The number of aromatic nitrogens is 3. The van der Waals surface area contributed by atoms with Crippen molar-refractivity contribution in [2.45, 2.75) is 44.3 Å². The Morgan fingerprint density at radius 1 is 1.31 bits per heavy atom. The fourth-order valence-corrected chi connectivity index (χ4v) is 4.08. The van der Waals surface area contributed by atoms with E-state index in [2.05, 4.69) is 20.6 Å². The molecule has 32 heavy (non-hydrogen) atoms. The number of carbonyl (C=O) groups excluding carboxylic acids is 1. The molecule has 1 saturated carbocycles. The Bertz CT molecular complexity index is 1120. The minimum Gasteiger partial charge on any atom is -0.383 e. The van der Waals surface area contributed by atoms with Crippen LogP contribution < -0.4 is 22.1 Å². The largest absolute Gasteiger partial charge is 0.383 e. The Morgan fingerprint density at radius 2 is 2.12 bits per heavy atom. The molecule has 1 fully saturated rings. The van der Waals surface area contributed by atoms with Crippen LogP contribution in [0.5, 0.6) is 0 Å². The van der Waals surface area contributed by atoms with Gasteiger partial charge >= 0.3 is 0 Å². The van der Waals surface area contributed by atoms with Gasteiger partial charge in [0.15, 0.2) is 11.6 Å². The van der Waals surface area contributed by atoms with Crippen molar-refractivity contribution in [3.05, 3.63) is 42.0 Å². The van der Waals surface area contributed by atoms with Crippen LogP contribution >= 0.6 is 0 Å². The van der Waals surface area contributed by atoms with Crippen molar-refractivity contribution in [1.29, 1.82) is 0 Å². The van der Waals surface area contributed by atoms with Gasteiger partial charge in [0.05, 0.1) is 17.9 Å². The number of nitrogens with zero attached hydrogens (tertiary/aromatic N) is 3. The highest BCUT2D eigenvalue weighted by Gasteiger charge is 2.24. The van der Waals surface area contributed by atoms with Gasteiger partial charge in [-0.15, -0.1) is 0 Å². The van der Waals surface area contributed by atoms with E-state index in [1.54, 1.807) is 19.4 Å². The third-order valence-corrected chi connectivity index (χ3v) is 5.83. The van der Waals surface area contributed by atoms with Crippen molar-refractivity contribution in [2.24, 2.45) is 11.5 Å². The minimum absolute atomic E-state index is 0.0372. The van der Waals surface area contributed by atoms with E-state index in [1.807, 2.05) is 16.8 Å². The second-order valence-electron chi connectivity index (χ2n) is 8.00. The summed E-state index contributed by atoms with van der Waals surface area (Å²) in [6.45, 7) is 1.19. The summed E-state index contributed by atoms with van der Waals surface area (Å²) < 4.78 is 21.9. The van der Waals surface area contributed by atoms with Crippen LogP contribution in [0.4, 0.5) is 21.7 Å². The lowest BCUT2D eigenvalue weighted by Crippen LogP contribution is -2.43. The number of anilines is 3. The summed E-state index contributed by atoms with van der Waals surface area (Å²) >= 11 is 0. The lowest BCUT2D eigenvalue weighted by Gasteiger charge is -2.30.